The molecule has 0 unspecified atom stereocenters. The van der Waals surface area contributed by atoms with Gasteiger partial charge in [-0.15, -0.1) is 0 Å². The maximum absolute atomic E-state index is 10.2. The van der Waals surface area contributed by atoms with Crippen molar-refractivity contribution in [3.63, 3.8) is 0 Å². The number of nitro groups is 1. The molecule has 3 heteroatoms. The first-order valence-electron chi connectivity index (χ1n) is 4.29. The lowest BCUT2D eigenvalue weighted by atomic mass is 9.77. The van der Waals surface area contributed by atoms with Gasteiger partial charge in [-0.2, -0.15) is 0 Å². The van der Waals surface area contributed by atoms with Gasteiger partial charge in [0, 0.05) is 4.92 Å². The average molecular weight is 169 g/mol. The van der Waals surface area contributed by atoms with Crippen LogP contribution in [0.3, 0.4) is 0 Å². The van der Waals surface area contributed by atoms with Gasteiger partial charge in [0.05, 0.1) is 0 Å². The Morgan fingerprint density at radius 3 is 2.83 bits per heavy atom. The van der Waals surface area contributed by atoms with Gasteiger partial charge in [-0.25, -0.2) is 0 Å². The fourth-order valence-electron chi connectivity index (χ4n) is 1.73. The molecule has 0 aromatic carbocycles. The molecule has 0 N–H and O–H groups in total. The highest BCUT2D eigenvalue weighted by molar-refractivity contribution is 5.09. The predicted molar refractivity (Wildman–Crippen MR) is 47.6 cm³/mol. The lowest BCUT2D eigenvalue weighted by Crippen LogP contribution is -2.19. The van der Waals surface area contributed by atoms with Crippen molar-refractivity contribution in [1.82, 2.24) is 0 Å². The molecule has 0 aromatic heterocycles. The van der Waals surface area contributed by atoms with Gasteiger partial charge in [0.2, 0.25) is 6.54 Å². The minimum atomic E-state index is -0.243. The third kappa shape index (κ3) is 2.64. The first-order chi connectivity index (χ1) is 5.49. The monoisotopic (exact) mass is 169 g/mol. The van der Waals surface area contributed by atoms with Crippen LogP contribution in [0.15, 0.2) is 11.6 Å². The smallest absolute Gasteiger partial charge is 0.224 e. The lowest BCUT2D eigenvalue weighted by molar-refractivity contribution is -0.471. The van der Waals surface area contributed by atoms with Crippen molar-refractivity contribution >= 4 is 0 Å². The van der Waals surface area contributed by atoms with Gasteiger partial charge in [-0.3, -0.25) is 10.1 Å². The van der Waals surface area contributed by atoms with Gasteiger partial charge >= 0.3 is 0 Å². The second kappa shape index (κ2) is 3.25. The van der Waals surface area contributed by atoms with Gasteiger partial charge in [-0.1, -0.05) is 19.9 Å². The number of hydrogen-bond donors (Lipinski definition) is 0. The lowest BCUT2D eigenvalue weighted by Gasteiger charge is -2.28. The van der Waals surface area contributed by atoms with Gasteiger partial charge in [0.25, 0.3) is 0 Å². The highest BCUT2D eigenvalue weighted by atomic mass is 16.6. The van der Waals surface area contributed by atoms with Crippen LogP contribution < -0.4 is 0 Å². The van der Waals surface area contributed by atoms with Crippen LogP contribution >= 0.6 is 0 Å². The number of allylic oxidation sites excluding steroid dienone is 1. The largest absolute Gasteiger partial charge is 0.264 e. The van der Waals surface area contributed by atoms with Crippen LogP contribution in [0.2, 0.25) is 0 Å². The van der Waals surface area contributed by atoms with E-state index in [0.29, 0.717) is 0 Å². The molecular weight excluding hydrogens is 154 g/mol. The molecule has 0 aromatic rings. The maximum Gasteiger partial charge on any atom is 0.224 e. The molecule has 0 saturated heterocycles. The Labute approximate surface area is 72.6 Å². The molecule has 1 rings (SSSR count). The van der Waals surface area contributed by atoms with E-state index in [-0.39, 0.29) is 16.9 Å². The van der Waals surface area contributed by atoms with Crippen LogP contribution in [0.1, 0.15) is 33.1 Å². The zero-order chi connectivity index (χ0) is 9.19. The summed E-state index contributed by atoms with van der Waals surface area (Å²) in [6, 6.07) is 0. The van der Waals surface area contributed by atoms with Gasteiger partial charge in [0.15, 0.2) is 0 Å². The minimum Gasteiger partial charge on any atom is -0.264 e. The number of rotatable bonds is 2. The molecule has 0 heterocycles. The van der Waals surface area contributed by atoms with Crippen molar-refractivity contribution in [2.75, 3.05) is 6.54 Å². The molecular formula is C9H15NO2. The van der Waals surface area contributed by atoms with Crippen molar-refractivity contribution in [1.29, 1.82) is 0 Å². The molecule has 68 valence electrons. The first-order valence-corrected chi connectivity index (χ1v) is 4.29. The van der Waals surface area contributed by atoms with E-state index >= 15 is 0 Å². The quantitative estimate of drug-likeness (QED) is 0.362. The van der Waals surface area contributed by atoms with Crippen LogP contribution in [0, 0.1) is 15.5 Å². The maximum atomic E-state index is 10.2. The fraction of sp³-hybridized carbons (Fsp3) is 0.778. The highest BCUT2D eigenvalue weighted by Gasteiger charge is 2.24. The Kier molecular flexibility index (Phi) is 2.50. The Hall–Kier alpha value is -0.860. The topological polar surface area (TPSA) is 43.1 Å². The van der Waals surface area contributed by atoms with E-state index in [1.165, 1.54) is 0 Å². The van der Waals surface area contributed by atoms with E-state index in [4.69, 9.17) is 0 Å². The third-order valence-electron chi connectivity index (χ3n) is 2.29. The summed E-state index contributed by atoms with van der Waals surface area (Å²) in [5, 5.41) is 10.2. The van der Waals surface area contributed by atoms with Crippen molar-refractivity contribution in [2.24, 2.45) is 5.41 Å². The molecule has 1 aliphatic rings. The fourth-order valence-corrected chi connectivity index (χ4v) is 1.73. The first kappa shape index (κ1) is 9.23. The van der Waals surface area contributed by atoms with E-state index in [9.17, 15) is 10.1 Å². The third-order valence-corrected chi connectivity index (χ3v) is 2.29. The summed E-state index contributed by atoms with van der Waals surface area (Å²) in [7, 11) is 0. The van der Waals surface area contributed by atoms with Gasteiger partial charge < -0.3 is 0 Å². The molecule has 0 spiro atoms. The van der Waals surface area contributed by atoms with E-state index in [0.717, 1.165) is 24.8 Å². The van der Waals surface area contributed by atoms with Gasteiger partial charge in [-0.05, 0) is 30.3 Å². The highest BCUT2D eigenvalue weighted by Crippen LogP contribution is 2.34. The Morgan fingerprint density at radius 2 is 2.33 bits per heavy atom. The molecule has 0 radical (unpaired) electrons. The predicted octanol–water partition coefficient (Wildman–Crippen LogP) is 2.40. The SMILES string of the molecule is CC1(C)CCC=C(C[N+](=O)[O-])C1. The van der Waals surface area contributed by atoms with Crippen LogP contribution in [0.5, 0.6) is 0 Å². The van der Waals surface area contributed by atoms with Crippen LogP contribution in [0.25, 0.3) is 0 Å². The van der Waals surface area contributed by atoms with Crippen molar-refractivity contribution < 1.29 is 4.92 Å². The summed E-state index contributed by atoms with van der Waals surface area (Å²) in [5.41, 5.74) is 1.26. The Morgan fingerprint density at radius 1 is 1.67 bits per heavy atom. The van der Waals surface area contributed by atoms with Crippen molar-refractivity contribution in [3.05, 3.63) is 21.8 Å². The van der Waals surface area contributed by atoms with Crippen molar-refractivity contribution in [2.45, 2.75) is 33.1 Å². The summed E-state index contributed by atoms with van der Waals surface area (Å²) in [5.74, 6) is 0. The van der Waals surface area contributed by atoms with Crippen LogP contribution in [-0.4, -0.2) is 11.5 Å². The molecule has 0 fully saturated rings. The molecule has 12 heavy (non-hydrogen) atoms. The van der Waals surface area contributed by atoms with E-state index in [1.807, 2.05) is 6.08 Å². The Balaban J connectivity index is 2.56. The van der Waals surface area contributed by atoms with E-state index in [1.54, 1.807) is 0 Å². The summed E-state index contributed by atoms with van der Waals surface area (Å²) >= 11 is 0. The standard InChI is InChI=1S/C9H15NO2/c1-9(2)5-3-4-8(6-9)7-10(11)12/h4H,3,5-7H2,1-2H3. The average Bonchev–Trinajstić information content (AvgIpc) is 1.82. The normalized spacial score (nSPS) is 21.7. The second-order valence-corrected chi connectivity index (χ2v) is 4.23. The van der Waals surface area contributed by atoms with Gasteiger partial charge in [0.1, 0.15) is 0 Å². The molecule has 0 aliphatic heterocycles. The molecule has 0 atom stereocenters. The summed E-state index contributed by atoms with van der Waals surface area (Å²) < 4.78 is 0. The second-order valence-electron chi connectivity index (χ2n) is 4.23. The zero-order valence-electron chi connectivity index (χ0n) is 7.67. The minimum absolute atomic E-state index is 0.0312. The molecule has 3 nitrogen and oxygen atoms in total. The van der Waals surface area contributed by atoms with Crippen LogP contribution in [0.4, 0.5) is 0 Å². The summed E-state index contributed by atoms with van der Waals surface area (Å²) in [6.45, 7) is 4.36. The number of nitrogens with zero attached hydrogens (tertiary/aromatic N) is 1. The summed E-state index contributed by atoms with van der Waals surface area (Å²) in [4.78, 5) is 10.0. The van der Waals surface area contributed by atoms with Crippen molar-refractivity contribution in [3.8, 4) is 0 Å². The van der Waals surface area contributed by atoms with Crippen LogP contribution in [-0.2, 0) is 0 Å². The molecule has 1 aliphatic carbocycles. The zero-order valence-corrected chi connectivity index (χ0v) is 7.67. The Bertz CT molecular complexity index is 219. The van der Waals surface area contributed by atoms with E-state index < -0.39 is 0 Å². The van der Waals surface area contributed by atoms with E-state index in [2.05, 4.69) is 13.8 Å². The summed E-state index contributed by atoms with van der Waals surface area (Å²) in [6.07, 6.45) is 5.05. The molecule has 0 saturated carbocycles. The molecule has 0 amide bonds. The molecule has 0 bridgehead atoms. The number of hydrogen-bond acceptors (Lipinski definition) is 2.